The number of phosphoric acid groups is 8. The first-order valence-electron chi connectivity index (χ1n) is 39.4. The van der Waals surface area contributed by atoms with E-state index in [9.17, 15) is 170 Å². The van der Waals surface area contributed by atoms with Gasteiger partial charge >= 0.3 is 85.3 Å². The molecule has 0 bridgehead atoms. The van der Waals surface area contributed by atoms with Crippen LogP contribution in [0.1, 0.15) is 52.7 Å². The Morgan fingerprint density at radius 1 is 0.361 bits per heavy atom. The molecule has 75 heteroatoms. The fourth-order valence-corrected chi connectivity index (χ4v) is 21.5. The molecule has 144 heavy (non-hydrogen) atoms. The molecule has 8 unspecified atom stereocenters. The van der Waals surface area contributed by atoms with E-state index in [2.05, 4.69) is 51.3 Å². The summed E-state index contributed by atoms with van der Waals surface area (Å²) in [6.07, 6.45) is -24.5. The highest BCUT2D eigenvalue weighted by molar-refractivity contribution is 14.1. The maximum absolute atomic E-state index is 14.8. The molecule has 4 aromatic heterocycles. The maximum Gasteiger partial charge on any atom is 0.481 e. The van der Waals surface area contributed by atoms with Crippen LogP contribution in [0.4, 0.5) is 35.1 Å². The fourth-order valence-electron chi connectivity index (χ4n) is 13.5. The van der Waals surface area contributed by atoms with Gasteiger partial charge in [-0.15, -0.1) is 0 Å². The quantitative estimate of drug-likeness (QED) is 0.0143. The predicted molar refractivity (Wildman–Crippen MR) is 478 cm³/mol. The van der Waals surface area contributed by atoms with E-state index < -0.39 is 291 Å². The Hall–Kier alpha value is -6.46. The minimum absolute atomic E-state index is 0.00840. The number of hydrogen-bond acceptors (Lipinski definition) is 36. The Morgan fingerprint density at radius 2 is 0.618 bits per heavy atom. The second kappa shape index (κ2) is 48.4. The van der Waals surface area contributed by atoms with Crippen LogP contribution < -0.4 is 45.0 Å². The number of nitrogens with zero attached hydrogens (tertiary/aromatic N) is 8. The summed E-state index contributed by atoms with van der Waals surface area (Å²) in [6, 6.07) is 18.4. The van der Waals surface area contributed by atoms with Gasteiger partial charge in [-0.1, -0.05) is 72.8 Å². The number of aliphatic hydroxyl groups excluding tert-OH is 8. The van der Waals surface area contributed by atoms with E-state index >= 15 is 0 Å². The summed E-state index contributed by atoms with van der Waals surface area (Å²) in [6.45, 7) is -6.11. The lowest BCUT2D eigenvalue weighted by Gasteiger charge is -2.22. The Morgan fingerprint density at radius 3 is 0.903 bits per heavy atom. The monoisotopic (exact) mass is 2520 g/mol. The maximum atomic E-state index is 14.8. The summed E-state index contributed by atoms with van der Waals surface area (Å²) in [5, 5.41) is 82.4. The van der Waals surface area contributed by atoms with Crippen LogP contribution >= 0.6 is 124 Å². The average Bonchev–Trinajstić information content (AvgIpc) is 1.59. The zero-order chi connectivity index (χ0) is 108. The van der Waals surface area contributed by atoms with Gasteiger partial charge in [0.2, 0.25) is 0 Å². The summed E-state index contributed by atoms with van der Waals surface area (Å²) in [7, 11) is -42.9. The first kappa shape index (κ1) is 121. The van der Waals surface area contributed by atoms with Crippen molar-refractivity contribution in [3.8, 4) is 0 Å². The molecular formula is C69H79BrF8I2N8O48P8. The molecular weight excluding hydrogens is 2440 g/mol. The van der Waals surface area contributed by atoms with Gasteiger partial charge in [0.15, 0.2) is 24.9 Å². The third-order valence-electron chi connectivity index (χ3n) is 20.1. The average molecular weight is 2520 g/mol. The standard InChI is InChI=1S/C18H22F2N2O12P2.C17H19BrF2N2O12P2.2C17H19F2IN2O12P2/c1-9-7-22(18(26)21(16(9)25)5-4-10-2-3-11(19)6-12(10)20)17-15(24)14(23)13(33-17)8-32-36(30,31)34-35(27,28)29;18-10-6-21(16(26)22(14(10)25)8-17(19,20)9-4-2-1-3-5-9)15-13(24)12(23)11(33-15)7-32-36(30,31)34-35(27,28)29;18-9-2-1-8(10(19)5-9)3-4-21-15(25)11(20)6-22(17(21)26)16-14(24)13(23)12(33-16)7-32-36(30,31)34-35(27,28)29;18-17(19,9-4-2-1-3-5-9)8-22-14(25)10(20)6-21(16(22)26)15-13(24)12(23)11(33-15)7-32-36(30,31)34-35(27,28)29/h2-3,6-7,13-15,17,23-24H,4-5,8H2,1H3,(H,30,31)(H2,27,28,29);1-6,11-13,15,23-24H,7-8H2,(H,30,31)(H2,27,28,29);1-2,5-6,12-14,16,23-24H,3-4,7H2,(H,30,31)(H2,27,28,29);1-6,11-13,15,23-24H,7-8H2,(H,30,31)(H2,27,28,29)/t13-,14+,15?,17-;11-,12+,13?,15-;12-,13+,14?,16-;11-,12+,13?,15-/m1111/s1. The van der Waals surface area contributed by atoms with Gasteiger partial charge in [-0.25, -0.2) is 73.3 Å². The van der Waals surface area contributed by atoms with Crippen LogP contribution in [-0.2, 0) is 142 Å². The summed E-state index contributed by atoms with van der Waals surface area (Å²) in [5.74, 6) is -10.7. The number of hydrogen-bond donors (Lipinski definition) is 20. The van der Waals surface area contributed by atoms with E-state index in [1.54, 1.807) is 22.6 Å². The molecule has 4 aliphatic heterocycles. The van der Waals surface area contributed by atoms with E-state index in [0.29, 0.717) is 25.8 Å². The van der Waals surface area contributed by atoms with Crippen molar-refractivity contribution < 1.29 is 226 Å². The van der Waals surface area contributed by atoms with Crippen LogP contribution in [0.2, 0.25) is 0 Å². The Labute approximate surface area is 830 Å². The number of halogens is 11. The predicted octanol–water partition coefficient (Wildman–Crippen LogP) is 0.328. The van der Waals surface area contributed by atoms with E-state index in [0.717, 1.165) is 87.0 Å². The van der Waals surface area contributed by atoms with Crippen LogP contribution in [0.5, 0.6) is 0 Å². The number of aromatic nitrogens is 8. The highest BCUT2D eigenvalue weighted by atomic mass is 127. The molecule has 4 aliphatic rings. The summed E-state index contributed by atoms with van der Waals surface area (Å²) >= 11 is 5.93. The number of phosphoric ester groups is 4. The molecule has 0 saturated carbocycles. The molecule has 0 aliphatic carbocycles. The summed E-state index contributed by atoms with van der Waals surface area (Å²) < 4.78 is 260. The van der Waals surface area contributed by atoms with E-state index in [1.807, 2.05) is 0 Å². The van der Waals surface area contributed by atoms with Crippen LogP contribution in [0.3, 0.4) is 0 Å². The molecule has 8 aromatic rings. The van der Waals surface area contributed by atoms with Gasteiger partial charge < -0.3 is 119 Å². The van der Waals surface area contributed by atoms with Crippen molar-refractivity contribution in [3.63, 3.8) is 0 Å². The third-order valence-corrected chi connectivity index (χ3v) is 30.7. The normalized spacial score (nSPS) is 24.3. The van der Waals surface area contributed by atoms with Gasteiger partial charge in [0.1, 0.15) is 96.5 Å². The van der Waals surface area contributed by atoms with Crippen molar-refractivity contribution in [2.45, 2.75) is 156 Å². The highest BCUT2D eigenvalue weighted by Crippen LogP contribution is 2.61. The molecule has 0 spiro atoms. The largest absolute Gasteiger partial charge is 0.481 e. The molecule has 800 valence electrons. The summed E-state index contributed by atoms with van der Waals surface area (Å²) in [4.78, 5) is 208. The van der Waals surface area contributed by atoms with E-state index in [-0.39, 0.29) is 63.4 Å². The molecule has 4 fully saturated rings. The third kappa shape index (κ3) is 32.3. The van der Waals surface area contributed by atoms with Gasteiger partial charge in [-0.3, -0.25) is 73.8 Å². The van der Waals surface area contributed by atoms with Gasteiger partial charge in [0.05, 0.1) is 51.1 Å². The van der Waals surface area contributed by atoms with Gasteiger partial charge in [-0.2, -0.15) is 34.8 Å². The lowest BCUT2D eigenvalue weighted by atomic mass is 10.1. The molecule has 8 heterocycles. The second-order valence-electron chi connectivity index (χ2n) is 30.3. The van der Waals surface area contributed by atoms with Gasteiger partial charge in [-0.05, 0) is 104 Å². The molecule has 0 amide bonds. The number of alkyl halides is 4. The minimum atomic E-state index is -5.43. The van der Waals surface area contributed by atoms with Crippen molar-refractivity contribution in [1.82, 2.24) is 36.5 Å². The van der Waals surface area contributed by atoms with Crippen molar-refractivity contribution >= 4 is 124 Å². The zero-order valence-electron chi connectivity index (χ0n) is 71.5. The first-order valence-corrected chi connectivity index (χ1v) is 54.4. The van der Waals surface area contributed by atoms with Crippen molar-refractivity contribution in [2.75, 3.05) is 26.4 Å². The number of benzene rings is 4. The zero-order valence-corrected chi connectivity index (χ0v) is 84.6. The Kier molecular flexibility index (Phi) is 40.7. The Balaban J connectivity index is 0.000000214. The fraction of sp³-hybridized carbons (Fsp3) is 0.420. The lowest BCUT2D eigenvalue weighted by Crippen LogP contribution is -2.46. The van der Waals surface area contributed by atoms with Crippen molar-refractivity contribution in [1.29, 1.82) is 0 Å². The molecule has 4 aromatic carbocycles. The molecule has 20 atom stereocenters. The molecule has 56 nitrogen and oxygen atoms in total. The Bertz CT molecular complexity index is 6540. The molecule has 12 rings (SSSR count). The SMILES string of the molecule is Cc1cn([C@@H]2O[C@H](COP(=O)(O)OP(=O)(O)O)[C@H](O)C2O)c(=O)n(CCc2ccc(F)cc2F)c1=O.O=c1c(Br)cn([C@@H]2O[C@H](COP(=O)(O)OP(=O)(O)O)[C@H](O)C2O)c(=O)n1CC(F)(F)c1ccccc1.O=c1c(I)cn([C@@H]2O[C@H](COP(=O)(O)OP(=O)(O)O)[C@H](O)C2O)c(=O)n1CC(F)(F)c1ccccc1.O=c1c(I)cn([C@@H]2O[C@H](COP(=O)(O)OP(=O)(O)O)[C@H](O)C2O)c(=O)n1CCc1ccc(F)cc1F. The van der Waals surface area contributed by atoms with Crippen LogP contribution in [0.15, 0.2) is 165 Å². The number of ether oxygens (including phenoxy) is 4. The minimum Gasteiger partial charge on any atom is -0.387 e. The van der Waals surface area contributed by atoms with Crippen molar-refractivity contribution in [3.05, 3.63) is 268 Å². The lowest BCUT2D eigenvalue weighted by molar-refractivity contribution is -0.0572. The second-order valence-corrected chi connectivity index (χ2v) is 44.8. The van der Waals surface area contributed by atoms with Gasteiger partial charge in [0.25, 0.3) is 34.1 Å². The van der Waals surface area contributed by atoms with Crippen LogP contribution in [-0.4, -0.2) is 236 Å². The van der Waals surface area contributed by atoms with Gasteiger partial charge in [0, 0.05) is 66.7 Å². The molecule has 4 saturated heterocycles. The van der Waals surface area contributed by atoms with Crippen LogP contribution in [0, 0.1) is 37.3 Å². The topological polar surface area (TPSA) is 828 Å². The highest BCUT2D eigenvalue weighted by Gasteiger charge is 2.52. The van der Waals surface area contributed by atoms with E-state index in [1.165, 1.54) is 65.9 Å². The smallest absolute Gasteiger partial charge is 0.387 e. The number of aliphatic hydroxyl groups is 8. The number of rotatable bonds is 36. The van der Waals surface area contributed by atoms with Crippen LogP contribution in [0.25, 0.3) is 0 Å². The molecule has 0 radical (unpaired) electrons. The summed E-state index contributed by atoms with van der Waals surface area (Å²) in [5.41, 5.74) is -9.18. The molecule has 20 N–H and O–H groups in total. The first-order chi connectivity index (χ1) is 66.2. The van der Waals surface area contributed by atoms with E-state index in [4.69, 9.17) is 58.1 Å². The number of aryl methyl sites for hydroxylation is 3. The van der Waals surface area contributed by atoms with Crippen molar-refractivity contribution in [2.24, 2.45) is 0 Å².